The van der Waals surface area contributed by atoms with Crippen molar-refractivity contribution in [3.05, 3.63) is 81.9 Å². The van der Waals surface area contributed by atoms with Crippen molar-refractivity contribution >= 4 is 40.9 Å². The molecule has 0 saturated heterocycles. The second-order valence-electron chi connectivity index (χ2n) is 5.80. The normalized spacial score (nSPS) is 11.1. The summed E-state index contributed by atoms with van der Waals surface area (Å²) in [5, 5.41) is 3.72. The maximum absolute atomic E-state index is 12.2. The molecule has 132 valence electrons. The first-order valence-electron chi connectivity index (χ1n) is 8.00. The van der Waals surface area contributed by atoms with Gasteiger partial charge in [0, 0.05) is 23.1 Å². The first kappa shape index (κ1) is 18.2. The molecule has 0 unspecified atom stereocenters. The molecule has 1 N–H and O–H groups in total. The Balaban J connectivity index is 1.76. The lowest BCUT2D eigenvalue weighted by atomic mass is 10.2. The number of carbonyl (C=O) groups excluding carboxylic acids is 1. The van der Waals surface area contributed by atoms with Crippen LogP contribution in [0.2, 0.25) is 10.0 Å². The molecule has 0 spiro atoms. The zero-order chi connectivity index (χ0) is 18.7. The molecule has 0 radical (unpaired) electrons. The number of hydrogen-bond donors (Lipinski definition) is 1. The molecule has 0 saturated carbocycles. The van der Waals surface area contributed by atoms with Crippen LogP contribution in [0.15, 0.2) is 54.9 Å². The minimum absolute atomic E-state index is 0.253. The summed E-state index contributed by atoms with van der Waals surface area (Å²) in [4.78, 5) is 16.5. The van der Waals surface area contributed by atoms with Gasteiger partial charge < -0.3 is 9.88 Å². The van der Waals surface area contributed by atoms with E-state index in [2.05, 4.69) is 10.3 Å². The van der Waals surface area contributed by atoms with Crippen LogP contribution in [-0.4, -0.2) is 15.5 Å². The van der Waals surface area contributed by atoms with E-state index in [4.69, 9.17) is 23.2 Å². The zero-order valence-corrected chi connectivity index (χ0v) is 15.8. The molecule has 1 amide bonds. The van der Waals surface area contributed by atoms with Crippen LogP contribution in [-0.2, 0) is 4.79 Å². The summed E-state index contributed by atoms with van der Waals surface area (Å²) in [7, 11) is 0. The van der Waals surface area contributed by atoms with E-state index in [0.29, 0.717) is 21.3 Å². The summed E-state index contributed by atoms with van der Waals surface area (Å²) in [5.74, 6) is -0.253. The lowest BCUT2D eigenvalue weighted by Crippen LogP contribution is -2.08. The highest BCUT2D eigenvalue weighted by Gasteiger charge is 2.06. The largest absolute Gasteiger partial charge is 0.322 e. The summed E-state index contributed by atoms with van der Waals surface area (Å²) in [6, 6.07) is 12.9. The van der Waals surface area contributed by atoms with Gasteiger partial charge in [0.25, 0.3) is 0 Å². The van der Waals surface area contributed by atoms with Gasteiger partial charge >= 0.3 is 0 Å². The molecule has 1 heterocycles. The van der Waals surface area contributed by atoms with E-state index in [1.807, 2.05) is 42.7 Å². The molecule has 0 fully saturated rings. The molecule has 4 nitrogen and oxygen atoms in total. The van der Waals surface area contributed by atoms with E-state index in [-0.39, 0.29) is 5.91 Å². The fraction of sp³-hybridized carbons (Fsp3) is 0.100. The average molecular weight is 386 g/mol. The third-order valence-electron chi connectivity index (χ3n) is 4.04. The zero-order valence-electron chi connectivity index (χ0n) is 14.3. The number of imidazole rings is 1. The predicted molar refractivity (Wildman–Crippen MR) is 107 cm³/mol. The van der Waals surface area contributed by atoms with E-state index in [1.165, 1.54) is 6.08 Å². The van der Waals surface area contributed by atoms with Crippen molar-refractivity contribution in [1.29, 1.82) is 0 Å². The van der Waals surface area contributed by atoms with Crippen LogP contribution in [0.3, 0.4) is 0 Å². The Kier molecular flexibility index (Phi) is 5.45. The summed E-state index contributed by atoms with van der Waals surface area (Å²) in [6.45, 7) is 3.97. The van der Waals surface area contributed by atoms with Crippen molar-refractivity contribution in [3.8, 4) is 5.69 Å². The van der Waals surface area contributed by atoms with Gasteiger partial charge in [-0.1, -0.05) is 41.4 Å². The van der Waals surface area contributed by atoms with Crippen molar-refractivity contribution in [2.75, 3.05) is 5.32 Å². The van der Waals surface area contributed by atoms with Gasteiger partial charge in [0.05, 0.1) is 22.1 Å². The minimum Gasteiger partial charge on any atom is -0.322 e. The van der Waals surface area contributed by atoms with Crippen LogP contribution in [0.25, 0.3) is 11.8 Å². The molecule has 3 aromatic rings. The number of hydrogen-bond acceptors (Lipinski definition) is 2. The molecule has 0 aliphatic rings. The topological polar surface area (TPSA) is 46.9 Å². The van der Waals surface area contributed by atoms with E-state index in [9.17, 15) is 4.79 Å². The SMILES string of the molecule is Cc1ncn(-c2cccc(NC(=O)C=Cc3cccc(Cl)c3Cl)c2)c1C. The van der Waals surface area contributed by atoms with Crippen molar-refractivity contribution < 1.29 is 4.79 Å². The van der Waals surface area contributed by atoms with Crippen LogP contribution in [0, 0.1) is 13.8 Å². The number of amides is 1. The van der Waals surface area contributed by atoms with Gasteiger partial charge in [0.15, 0.2) is 0 Å². The number of halogens is 2. The fourth-order valence-electron chi connectivity index (χ4n) is 2.49. The number of carbonyl (C=O) groups is 1. The standard InChI is InChI=1S/C20H17Cl2N3O/c1-13-14(2)25(12-23-13)17-7-4-6-16(11-17)24-19(26)10-9-15-5-3-8-18(21)20(15)22/h3-12H,1-2H3,(H,24,26). The van der Waals surface area contributed by atoms with Crippen LogP contribution < -0.4 is 5.32 Å². The number of anilines is 1. The van der Waals surface area contributed by atoms with Crippen molar-refractivity contribution in [1.82, 2.24) is 9.55 Å². The number of nitrogens with one attached hydrogen (secondary N) is 1. The molecule has 26 heavy (non-hydrogen) atoms. The number of aromatic nitrogens is 2. The van der Waals surface area contributed by atoms with E-state index in [1.54, 1.807) is 30.6 Å². The highest BCUT2D eigenvalue weighted by molar-refractivity contribution is 6.42. The maximum Gasteiger partial charge on any atom is 0.248 e. The van der Waals surface area contributed by atoms with Gasteiger partial charge in [0.2, 0.25) is 5.91 Å². The van der Waals surface area contributed by atoms with Crippen LogP contribution in [0.1, 0.15) is 17.0 Å². The minimum atomic E-state index is -0.253. The molecule has 0 bridgehead atoms. The van der Waals surface area contributed by atoms with Gasteiger partial charge in [-0.05, 0) is 49.8 Å². The second-order valence-corrected chi connectivity index (χ2v) is 6.59. The highest BCUT2D eigenvalue weighted by atomic mass is 35.5. The Hall–Kier alpha value is -2.56. The summed E-state index contributed by atoms with van der Waals surface area (Å²) in [5.41, 5.74) is 4.35. The Labute approximate surface area is 162 Å². The summed E-state index contributed by atoms with van der Waals surface area (Å²) in [6.07, 6.45) is 4.83. The third kappa shape index (κ3) is 3.98. The van der Waals surface area contributed by atoms with Gasteiger partial charge in [-0.25, -0.2) is 4.98 Å². The number of benzene rings is 2. The third-order valence-corrected chi connectivity index (χ3v) is 4.87. The van der Waals surface area contributed by atoms with Gasteiger partial charge in [0.1, 0.15) is 0 Å². The highest BCUT2D eigenvalue weighted by Crippen LogP contribution is 2.26. The Morgan fingerprint density at radius 1 is 1.15 bits per heavy atom. The van der Waals surface area contributed by atoms with Gasteiger partial charge in [-0.3, -0.25) is 4.79 Å². The van der Waals surface area contributed by atoms with Crippen LogP contribution in [0.4, 0.5) is 5.69 Å². The molecular weight excluding hydrogens is 369 g/mol. The fourth-order valence-corrected chi connectivity index (χ4v) is 2.86. The summed E-state index contributed by atoms with van der Waals surface area (Å²) < 4.78 is 1.98. The maximum atomic E-state index is 12.2. The lowest BCUT2D eigenvalue weighted by Gasteiger charge is -2.08. The lowest BCUT2D eigenvalue weighted by molar-refractivity contribution is -0.111. The average Bonchev–Trinajstić information content (AvgIpc) is 2.95. The Morgan fingerprint density at radius 3 is 2.65 bits per heavy atom. The van der Waals surface area contributed by atoms with Crippen molar-refractivity contribution in [2.45, 2.75) is 13.8 Å². The molecule has 2 aromatic carbocycles. The van der Waals surface area contributed by atoms with E-state index >= 15 is 0 Å². The molecule has 0 atom stereocenters. The van der Waals surface area contributed by atoms with Crippen LogP contribution >= 0.6 is 23.2 Å². The molecule has 0 aliphatic heterocycles. The molecule has 1 aromatic heterocycles. The van der Waals surface area contributed by atoms with E-state index < -0.39 is 0 Å². The second kappa shape index (κ2) is 7.77. The predicted octanol–water partition coefficient (Wildman–Crippen LogP) is 5.45. The van der Waals surface area contributed by atoms with E-state index in [0.717, 1.165) is 17.1 Å². The first-order valence-corrected chi connectivity index (χ1v) is 8.75. The number of aryl methyl sites for hydroxylation is 1. The Bertz CT molecular complexity index is 992. The number of nitrogens with zero attached hydrogens (tertiary/aromatic N) is 2. The smallest absolute Gasteiger partial charge is 0.248 e. The molecule has 3 rings (SSSR count). The summed E-state index contributed by atoms with van der Waals surface area (Å²) >= 11 is 12.1. The number of rotatable bonds is 4. The Morgan fingerprint density at radius 2 is 1.92 bits per heavy atom. The van der Waals surface area contributed by atoms with Crippen molar-refractivity contribution in [3.63, 3.8) is 0 Å². The van der Waals surface area contributed by atoms with Crippen LogP contribution in [0.5, 0.6) is 0 Å². The monoisotopic (exact) mass is 385 g/mol. The molecular formula is C20H17Cl2N3O. The van der Waals surface area contributed by atoms with Gasteiger partial charge in [-0.2, -0.15) is 0 Å². The first-order chi connectivity index (χ1) is 12.5. The van der Waals surface area contributed by atoms with Crippen molar-refractivity contribution in [2.24, 2.45) is 0 Å². The molecule has 6 heteroatoms. The quantitative estimate of drug-likeness (QED) is 0.607. The molecule has 0 aliphatic carbocycles. The van der Waals surface area contributed by atoms with Gasteiger partial charge in [-0.15, -0.1) is 0 Å².